The molecule has 0 saturated heterocycles. The fraction of sp³-hybridized carbons (Fsp3) is 0.273. The zero-order valence-electron chi connectivity index (χ0n) is 10.8. The molecule has 1 aromatic heterocycles. The van der Waals surface area contributed by atoms with Crippen LogP contribution in [0.3, 0.4) is 0 Å². The molecule has 2 rings (SSSR count). The van der Waals surface area contributed by atoms with Crippen molar-refractivity contribution in [2.75, 3.05) is 6.26 Å². The van der Waals surface area contributed by atoms with Crippen LogP contribution in [0, 0.1) is 0 Å². The molecule has 2 aromatic rings. The molecule has 1 atom stereocenters. The van der Waals surface area contributed by atoms with Crippen LogP contribution in [0.1, 0.15) is 13.0 Å². The summed E-state index contributed by atoms with van der Waals surface area (Å²) in [7, 11) is -3.28. The number of hydrogen-bond acceptors (Lipinski definition) is 6. The first kappa shape index (κ1) is 14.1. The molecule has 0 saturated carbocycles. The maximum absolute atomic E-state index is 11.4. The van der Waals surface area contributed by atoms with Crippen molar-refractivity contribution < 1.29 is 18.3 Å². The van der Waals surface area contributed by atoms with E-state index in [1.165, 1.54) is 31.2 Å². The fourth-order valence-corrected chi connectivity index (χ4v) is 2.23. The highest BCUT2D eigenvalue weighted by Gasteiger charge is 2.20. The highest BCUT2D eigenvalue weighted by atomic mass is 32.2. The van der Waals surface area contributed by atoms with E-state index in [1.54, 1.807) is 0 Å². The predicted octanol–water partition coefficient (Wildman–Crippen LogP) is 0.389. The molecule has 1 unspecified atom stereocenters. The number of carbonyl (C=O) groups is 1. The van der Waals surface area contributed by atoms with E-state index >= 15 is 0 Å². The quantitative estimate of drug-likeness (QED) is 0.867. The molecule has 0 aliphatic rings. The smallest absolute Gasteiger partial charge is 0.328 e. The zero-order chi connectivity index (χ0) is 14.9. The number of nitrogens with zero attached hydrogens (tertiary/aromatic N) is 4. The normalized spacial score (nSPS) is 13.1. The molecule has 0 aliphatic heterocycles. The van der Waals surface area contributed by atoms with Crippen molar-refractivity contribution >= 4 is 15.8 Å². The lowest BCUT2D eigenvalue weighted by Gasteiger charge is -2.08. The second kappa shape index (κ2) is 5.00. The van der Waals surface area contributed by atoms with Gasteiger partial charge in [0.1, 0.15) is 0 Å². The Morgan fingerprint density at radius 1 is 1.30 bits per heavy atom. The topological polar surface area (TPSA) is 115 Å². The SMILES string of the molecule is CC(C(=O)O)n1nnnc1-c1ccc(S(C)(=O)=O)cc1. The van der Waals surface area contributed by atoms with E-state index < -0.39 is 21.8 Å². The Labute approximate surface area is 115 Å². The zero-order valence-corrected chi connectivity index (χ0v) is 11.6. The molecular weight excluding hydrogens is 284 g/mol. The summed E-state index contributed by atoms with van der Waals surface area (Å²) in [5, 5.41) is 19.8. The van der Waals surface area contributed by atoms with Crippen LogP contribution in [0.4, 0.5) is 0 Å². The van der Waals surface area contributed by atoms with E-state index in [0.29, 0.717) is 5.56 Å². The highest BCUT2D eigenvalue weighted by Crippen LogP contribution is 2.21. The van der Waals surface area contributed by atoms with Crippen molar-refractivity contribution in [1.82, 2.24) is 20.2 Å². The van der Waals surface area contributed by atoms with Crippen molar-refractivity contribution in [3.05, 3.63) is 24.3 Å². The van der Waals surface area contributed by atoms with Crippen LogP contribution in [0.5, 0.6) is 0 Å². The summed E-state index contributed by atoms with van der Waals surface area (Å²) in [4.78, 5) is 11.1. The number of sulfone groups is 1. The van der Waals surface area contributed by atoms with Crippen molar-refractivity contribution in [3.8, 4) is 11.4 Å². The third kappa shape index (κ3) is 2.67. The fourth-order valence-electron chi connectivity index (χ4n) is 1.60. The summed E-state index contributed by atoms with van der Waals surface area (Å²) >= 11 is 0. The first-order valence-corrected chi connectivity index (χ1v) is 7.51. The van der Waals surface area contributed by atoms with Crippen molar-refractivity contribution in [3.63, 3.8) is 0 Å². The van der Waals surface area contributed by atoms with Crippen molar-refractivity contribution in [2.24, 2.45) is 0 Å². The van der Waals surface area contributed by atoms with Crippen LogP contribution in [0.15, 0.2) is 29.2 Å². The predicted molar refractivity (Wildman–Crippen MR) is 68.7 cm³/mol. The molecule has 0 spiro atoms. The molecule has 1 heterocycles. The summed E-state index contributed by atoms with van der Waals surface area (Å²) in [6, 6.07) is 5.00. The Bertz CT molecular complexity index is 736. The first-order chi connectivity index (χ1) is 9.30. The number of aromatic nitrogens is 4. The number of aliphatic carboxylic acids is 1. The lowest BCUT2D eigenvalue weighted by molar-refractivity contribution is -0.140. The molecule has 1 N–H and O–H groups in total. The monoisotopic (exact) mass is 296 g/mol. The van der Waals surface area contributed by atoms with Gasteiger partial charge in [-0.3, -0.25) is 0 Å². The Balaban J connectivity index is 2.43. The lowest BCUT2D eigenvalue weighted by atomic mass is 10.2. The number of carboxylic acid groups (broad SMARTS) is 1. The molecule has 9 heteroatoms. The van der Waals surface area contributed by atoms with Crippen molar-refractivity contribution in [2.45, 2.75) is 17.9 Å². The second-order valence-electron chi connectivity index (χ2n) is 4.26. The average molecular weight is 296 g/mol. The minimum Gasteiger partial charge on any atom is -0.480 e. The van der Waals surface area contributed by atoms with Crippen LogP contribution in [-0.2, 0) is 14.6 Å². The molecule has 0 bridgehead atoms. The van der Waals surface area contributed by atoms with E-state index in [9.17, 15) is 13.2 Å². The van der Waals surface area contributed by atoms with Crippen LogP contribution >= 0.6 is 0 Å². The molecule has 106 valence electrons. The molecule has 1 aromatic carbocycles. The van der Waals surface area contributed by atoms with E-state index in [4.69, 9.17) is 5.11 Å². The van der Waals surface area contributed by atoms with E-state index in [1.807, 2.05) is 0 Å². The molecule has 0 amide bonds. The molecular formula is C11H12N4O4S. The number of tetrazole rings is 1. The van der Waals surface area contributed by atoms with Gasteiger partial charge in [-0.15, -0.1) is 5.10 Å². The number of carboxylic acids is 1. The van der Waals surface area contributed by atoms with Gasteiger partial charge in [-0.25, -0.2) is 17.9 Å². The average Bonchev–Trinajstić information content (AvgIpc) is 2.85. The minimum absolute atomic E-state index is 0.173. The summed E-state index contributed by atoms with van der Waals surface area (Å²) in [5.41, 5.74) is 0.538. The van der Waals surface area contributed by atoms with E-state index in [2.05, 4.69) is 15.5 Å². The van der Waals surface area contributed by atoms with Gasteiger partial charge < -0.3 is 5.11 Å². The van der Waals surface area contributed by atoms with E-state index in [-0.39, 0.29) is 10.7 Å². The largest absolute Gasteiger partial charge is 0.480 e. The molecule has 0 aliphatic carbocycles. The summed E-state index contributed by atoms with van der Waals surface area (Å²) < 4.78 is 23.9. The van der Waals surface area contributed by atoms with Gasteiger partial charge in [0.25, 0.3) is 0 Å². The third-order valence-electron chi connectivity index (χ3n) is 2.76. The van der Waals surface area contributed by atoms with Gasteiger partial charge in [0.05, 0.1) is 4.90 Å². The summed E-state index contributed by atoms with van der Waals surface area (Å²) in [6.45, 7) is 1.45. The minimum atomic E-state index is -3.28. The van der Waals surface area contributed by atoms with Gasteiger partial charge in [-0.2, -0.15) is 0 Å². The first-order valence-electron chi connectivity index (χ1n) is 5.62. The maximum Gasteiger partial charge on any atom is 0.328 e. The Morgan fingerprint density at radius 3 is 2.40 bits per heavy atom. The van der Waals surface area contributed by atoms with Gasteiger partial charge in [-0.1, -0.05) is 0 Å². The molecule has 8 nitrogen and oxygen atoms in total. The van der Waals surface area contributed by atoms with Gasteiger partial charge in [0.15, 0.2) is 21.7 Å². The van der Waals surface area contributed by atoms with Crippen LogP contribution in [0.25, 0.3) is 11.4 Å². The second-order valence-corrected chi connectivity index (χ2v) is 6.27. The molecule has 20 heavy (non-hydrogen) atoms. The van der Waals surface area contributed by atoms with Gasteiger partial charge >= 0.3 is 5.97 Å². The van der Waals surface area contributed by atoms with E-state index in [0.717, 1.165) is 10.9 Å². The highest BCUT2D eigenvalue weighted by molar-refractivity contribution is 7.90. The van der Waals surface area contributed by atoms with Crippen LogP contribution in [0.2, 0.25) is 0 Å². The number of rotatable bonds is 4. The third-order valence-corrected chi connectivity index (χ3v) is 3.89. The number of benzene rings is 1. The number of hydrogen-bond donors (Lipinski definition) is 1. The van der Waals surface area contributed by atoms with Crippen molar-refractivity contribution in [1.29, 1.82) is 0 Å². The maximum atomic E-state index is 11.4. The summed E-state index contributed by atoms with van der Waals surface area (Å²) in [5.74, 6) is -0.800. The molecule has 0 radical (unpaired) electrons. The Hall–Kier alpha value is -2.29. The standard InChI is InChI=1S/C11H12N4O4S/c1-7(11(16)17)15-10(12-13-14-15)8-3-5-9(6-4-8)20(2,18)19/h3-7H,1-2H3,(H,16,17). The van der Waals surface area contributed by atoms with Gasteiger partial charge in [-0.05, 0) is 41.6 Å². The van der Waals surface area contributed by atoms with Gasteiger partial charge in [0, 0.05) is 11.8 Å². The van der Waals surface area contributed by atoms with Gasteiger partial charge in [0.2, 0.25) is 0 Å². The van der Waals surface area contributed by atoms with Crippen LogP contribution < -0.4 is 0 Å². The Kier molecular flexibility index (Phi) is 3.53. The van der Waals surface area contributed by atoms with Crippen LogP contribution in [-0.4, -0.2) is 46.0 Å². The molecule has 0 fully saturated rings. The Morgan fingerprint density at radius 2 is 1.90 bits per heavy atom. The lowest BCUT2D eigenvalue weighted by Crippen LogP contribution is -2.18. The summed E-state index contributed by atoms with van der Waals surface area (Å²) in [6.07, 6.45) is 1.11.